The maximum atomic E-state index is 12.5. The van der Waals surface area contributed by atoms with Crippen molar-refractivity contribution < 1.29 is 15.0 Å². The molecule has 142 valence electrons. The van der Waals surface area contributed by atoms with Crippen LogP contribution >= 0.6 is 0 Å². The van der Waals surface area contributed by atoms with Crippen molar-refractivity contribution >= 4 is 5.78 Å². The Morgan fingerprint density at radius 1 is 1.04 bits per heavy atom. The van der Waals surface area contributed by atoms with Gasteiger partial charge in [-0.3, -0.25) is 9.69 Å². The van der Waals surface area contributed by atoms with Crippen LogP contribution in [0.2, 0.25) is 0 Å². The van der Waals surface area contributed by atoms with E-state index in [9.17, 15) is 15.0 Å². The highest BCUT2D eigenvalue weighted by Gasteiger charge is 2.48. The second-order valence-corrected chi connectivity index (χ2v) is 8.48. The minimum Gasteiger partial charge on any atom is -0.508 e. The summed E-state index contributed by atoms with van der Waals surface area (Å²) in [5.74, 6) is 1.20. The van der Waals surface area contributed by atoms with E-state index in [2.05, 4.69) is 36.1 Å². The quantitative estimate of drug-likeness (QED) is 0.799. The van der Waals surface area contributed by atoms with Crippen LogP contribution in [0.15, 0.2) is 48.5 Å². The molecule has 4 rings (SSSR count). The summed E-state index contributed by atoms with van der Waals surface area (Å²) in [7, 11) is 0. The smallest absolute Gasteiger partial charge is 0.176 e. The fraction of sp³-hybridized carbons (Fsp3) is 0.435. The number of fused-ring (bicyclic) bond motifs is 1. The normalized spacial score (nSPS) is 27.6. The molecule has 0 bridgehead atoms. The molecule has 2 aliphatic rings. The van der Waals surface area contributed by atoms with Crippen molar-refractivity contribution in [3.05, 3.63) is 65.2 Å². The van der Waals surface area contributed by atoms with Gasteiger partial charge in [0.15, 0.2) is 5.78 Å². The van der Waals surface area contributed by atoms with E-state index in [4.69, 9.17) is 0 Å². The predicted molar refractivity (Wildman–Crippen MR) is 105 cm³/mol. The number of hydrogen-bond donors (Lipinski definition) is 2. The van der Waals surface area contributed by atoms with Gasteiger partial charge in [-0.05, 0) is 61.4 Å². The number of aliphatic hydroxyl groups is 1. The summed E-state index contributed by atoms with van der Waals surface area (Å²) in [5, 5.41) is 20.4. The van der Waals surface area contributed by atoms with Gasteiger partial charge in [0.05, 0.1) is 12.1 Å². The van der Waals surface area contributed by atoms with Gasteiger partial charge in [-0.1, -0.05) is 29.8 Å². The zero-order valence-electron chi connectivity index (χ0n) is 15.8. The zero-order chi connectivity index (χ0) is 19.0. The topological polar surface area (TPSA) is 60.8 Å². The molecule has 1 saturated carbocycles. The predicted octanol–water partition coefficient (Wildman–Crippen LogP) is 3.20. The third-order valence-electron chi connectivity index (χ3n) is 6.15. The van der Waals surface area contributed by atoms with Crippen LogP contribution in [0.1, 0.15) is 34.3 Å². The summed E-state index contributed by atoms with van der Waals surface area (Å²) >= 11 is 0. The maximum absolute atomic E-state index is 12.5. The van der Waals surface area contributed by atoms with Gasteiger partial charge >= 0.3 is 0 Å². The largest absolute Gasteiger partial charge is 0.508 e. The molecular formula is C23H27NO3. The van der Waals surface area contributed by atoms with E-state index in [1.165, 1.54) is 11.1 Å². The van der Waals surface area contributed by atoms with Gasteiger partial charge < -0.3 is 10.2 Å². The first-order valence-electron chi connectivity index (χ1n) is 9.73. The average molecular weight is 365 g/mol. The molecule has 0 unspecified atom stereocenters. The molecule has 2 aromatic carbocycles. The van der Waals surface area contributed by atoms with Gasteiger partial charge in [0.25, 0.3) is 0 Å². The number of rotatable bonds is 5. The Labute approximate surface area is 160 Å². The molecule has 0 amide bonds. The third-order valence-corrected chi connectivity index (χ3v) is 6.15. The molecule has 1 aliphatic heterocycles. The standard InChI is InChI=1S/C23H27NO3/c1-16-2-4-17(5-3-16)10-23(27)11-19-13-24(14-20(19)12-23)15-22(26)18-6-8-21(25)9-7-18/h2-9,19-20,25,27H,10-15H2,1H3/t19-,20+,23+. The Morgan fingerprint density at radius 2 is 1.63 bits per heavy atom. The van der Waals surface area contributed by atoms with Gasteiger partial charge in [0, 0.05) is 25.1 Å². The fourth-order valence-electron chi connectivity index (χ4n) is 4.86. The van der Waals surface area contributed by atoms with E-state index in [0.717, 1.165) is 25.9 Å². The van der Waals surface area contributed by atoms with E-state index < -0.39 is 5.60 Å². The number of likely N-dealkylation sites (tertiary alicyclic amines) is 1. The Kier molecular flexibility index (Phi) is 4.79. The van der Waals surface area contributed by atoms with Gasteiger partial charge in [0.1, 0.15) is 5.75 Å². The van der Waals surface area contributed by atoms with Gasteiger partial charge in [0.2, 0.25) is 0 Å². The highest BCUT2D eigenvalue weighted by molar-refractivity contribution is 5.97. The lowest BCUT2D eigenvalue weighted by Crippen LogP contribution is -2.34. The zero-order valence-corrected chi connectivity index (χ0v) is 15.8. The number of Topliss-reactive ketones (excluding diaryl/α,β-unsaturated/α-hetero) is 1. The first kappa shape index (κ1) is 18.2. The number of carbonyl (C=O) groups is 1. The number of nitrogens with zero attached hydrogens (tertiary/aromatic N) is 1. The van der Waals surface area contributed by atoms with Crippen molar-refractivity contribution in [1.29, 1.82) is 0 Å². The first-order valence-corrected chi connectivity index (χ1v) is 9.73. The number of aryl methyl sites for hydroxylation is 1. The van der Waals surface area contributed by atoms with E-state index in [0.29, 0.717) is 30.4 Å². The van der Waals surface area contributed by atoms with Gasteiger partial charge in [-0.25, -0.2) is 0 Å². The summed E-state index contributed by atoms with van der Waals surface area (Å²) in [6.45, 7) is 4.25. The van der Waals surface area contributed by atoms with E-state index >= 15 is 0 Å². The lowest BCUT2D eigenvalue weighted by Gasteiger charge is -2.26. The van der Waals surface area contributed by atoms with Crippen molar-refractivity contribution in [2.24, 2.45) is 11.8 Å². The second kappa shape index (κ2) is 7.10. The molecule has 0 aromatic heterocycles. The lowest BCUT2D eigenvalue weighted by atomic mass is 9.91. The summed E-state index contributed by atoms with van der Waals surface area (Å²) in [6, 6.07) is 14.9. The number of hydrogen-bond acceptors (Lipinski definition) is 4. The van der Waals surface area contributed by atoms with E-state index in [-0.39, 0.29) is 11.5 Å². The molecule has 4 nitrogen and oxygen atoms in total. The van der Waals surface area contributed by atoms with Crippen molar-refractivity contribution in [3.63, 3.8) is 0 Å². The number of carbonyl (C=O) groups excluding carboxylic acids is 1. The average Bonchev–Trinajstić information content (AvgIpc) is 3.11. The van der Waals surface area contributed by atoms with Crippen LogP contribution in [0.3, 0.4) is 0 Å². The van der Waals surface area contributed by atoms with Crippen LogP contribution in [0.25, 0.3) is 0 Å². The highest BCUT2D eigenvalue weighted by Crippen LogP contribution is 2.45. The van der Waals surface area contributed by atoms with Crippen molar-refractivity contribution in [1.82, 2.24) is 4.90 Å². The van der Waals surface area contributed by atoms with Crippen LogP contribution in [-0.2, 0) is 6.42 Å². The minimum atomic E-state index is -0.613. The lowest BCUT2D eigenvalue weighted by molar-refractivity contribution is 0.0355. The molecule has 2 fully saturated rings. The van der Waals surface area contributed by atoms with E-state index in [1.54, 1.807) is 24.3 Å². The number of phenols is 1. The summed E-state index contributed by atoms with van der Waals surface area (Å²) < 4.78 is 0. The molecule has 1 saturated heterocycles. The maximum Gasteiger partial charge on any atom is 0.176 e. The molecular weight excluding hydrogens is 338 g/mol. The molecule has 1 heterocycles. The van der Waals surface area contributed by atoms with Crippen LogP contribution in [0.5, 0.6) is 5.75 Å². The minimum absolute atomic E-state index is 0.0879. The molecule has 0 radical (unpaired) electrons. The van der Waals surface area contributed by atoms with Crippen LogP contribution in [0, 0.1) is 18.8 Å². The number of aromatic hydroxyl groups is 1. The van der Waals surface area contributed by atoms with Crippen LogP contribution in [-0.4, -0.2) is 46.1 Å². The Morgan fingerprint density at radius 3 is 2.22 bits per heavy atom. The first-order chi connectivity index (χ1) is 12.9. The van der Waals surface area contributed by atoms with Gasteiger partial charge in [-0.15, -0.1) is 0 Å². The molecule has 0 spiro atoms. The monoisotopic (exact) mass is 365 g/mol. The highest BCUT2D eigenvalue weighted by atomic mass is 16.3. The molecule has 4 heteroatoms. The van der Waals surface area contributed by atoms with E-state index in [1.807, 2.05) is 0 Å². The Hall–Kier alpha value is -2.17. The number of phenolic OH excluding ortho intramolecular Hbond substituents is 1. The Balaban J connectivity index is 1.33. The molecule has 3 atom stereocenters. The number of ketones is 1. The summed E-state index contributed by atoms with van der Waals surface area (Å²) in [4.78, 5) is 14.7. The SMILES string of the molecule is Cc1ccc(C[C@@]2(O)C[C@H]3CN(CC(=O)c4ccc(O)cc4)C[C@H]3C2)cc1. The fourth-order valence-corrected chi connectivity index (χ4v) is 4.86. The molecule has 2 aromatic rings. The molecule has 2 N–H and O–H groups in total. The Bertz CT molecular complexity index is 799. The van der Waals surface area contributed by atoms with Gasteiger partial charge in [-0.2, -0.15) is 0 Å². The molecule has 27 heavy (non-hydrogen) atoms. The second-order valence-electron chi connectivity index (χ2n) is 8.48. The number of benzene rings is 2. The van der Waals surface area contributed by atoms with Crippen LogP contribution in [0.4, 0.5) is 0 Å². The van der Waals surface area contributed by atoms with Crippen molar-refractivity contribution in [2.45, 2.75) is 31.8 Å². The molecule has 1 aliphatic carbocycles. The summed E-state index contributed by atoms with van der Waals surface area (Å²) in [5.41, 5.74) is 2.46. The van der Waals surface area contributed by atoms with Crippen LogP contribution < -0.4 is 0 Å². The summed E-state index contributed by atoms with van der Waals surface area (Å²) in [6.07, 6.45) is 2.34. The van der Waals surface area contributed by atoms with Crippen molar-refractivity contribution in [2.75, 3.05) is 19.6 Å². The van der Waals surface area contributed by atoms with Crippen molar-refractivity contribution in [3.8, 4) is 5.75 Å². The third kappa shape index (κ3) is 4.07.